The zero-order chi connectivity index (χ0) is 26.5. The number of methoxy groups -OCH3 is 1. The largest absolute Gasteiger partial charge is 0.495 e. The predicted molar refractivity (Wildman–Crippen MR) is 145 cm³/mol. The van der Waals surface area contributed by atoms with Crippen LogP contribution in [0.3, 0.4) is 0 Å². The number of anilines is 1. The molecule has 1 fully saturated rings. The fourth-order valence-electron chi connectivity index (χ4n) is 4.54. The van der Waals surface area contributed by atoms with Crippen molar-refractivity contribution in [1.82, 2.24) is 14.5 Å². The molecule has 3 aromatic rings. The highest BCUT2D eigenvalue weighted by Crippen LogP contribution is 2.30. The summed E-state index contributed by atoms with van der Waals surface area (Å²) in [5.74, 6) is 0.582. The van der Waals surface area contributed by atoms with Gasteiger partial charge in [-0.15, -0.1) is 0 Å². The third kappa shape index (κ3) is 5.98. The lowest BCUT2D eigenvalue weighted by Crippen LogP contribution is -2.51. The van der Waals surface area contributed by atoms with Crippen LogP contribution in [0.5, 0.6) is 5.75 Å². The zero-order valence-electron chi connectivity index (χ0n) is 21.7. The number of nitrogens with zero attached hydrogens (tertiary/aromatic N) is 4. The van der Waals surface area contributed by atoms with Gasteiger partial charge in [-0.3, -0.25) is 14.2 Å². The lowest BCUT2D eigenvalue weighted by Gasteiger charge is -2.37. The molecule has 1 amide bonds. The highest BCUT2D eigenvalue weighted by atomic mass is 32.2. The van der Waals surface area contributed by atoms with Gasteiger partial charge >= 0.3 is 0 Å². The summed E-state index contributed by atoms with van der Waals surface area (Å²) in [7, 11) is 3.36. The Balaban J connectivity index is 1.44. The van der Waals surface area contributed by atoms with Crippen molar-refractivity contribution in [1.29, 1.82) is 0 Å². The van der Waals surface area contributed by atoms with Gasteiger partial charge in [0.1, 0.15) is 11.6 Å². The van der Waals surface area contributed by atoms with Crippen LogP contribution >= 0.6 is 11.8 Å². The number of ether oxygens (including phenoxy) is 1. The molecule has 1 saturated heterocycles. The van der Waals surface area contributed by atoms with E-state index in [4.69, 9.17) is 9.72 Å². The van der Waals surface area contributed by atoms with Crippen LogP contribution < -0.4 is 15.2 Å². The molecule has 0 N–H and O–H groups in total. The Morgan fingerprint density at radius 1 is 1.11 bits per heavy atom. The summed E-state index contributed by atoms with van der Waals surface area (Å²) < 4.78 is 20.3. The summed E-state index contributed by atoms with van der Waals surface area (Å²) in [6.45, 7) is 6.48. The van der Waals surface area contributed by atoms with E-state index in [1.165, 1.54) is 28.5 Å². The van der Waals surface area contributed by atoms with Crippen LogP contribution in [-0.4, -0.2) is 58.9 Å². The molecule has 2 aromatic carbocycles. The highest BCUT2D eigenvalue weighted by Gasteiger charge is 2.29. The van der Waals surface area contributed by atoms with Gasteiger partial charge in [0, 0.05) is 50.9 Å². The second kappa shape index (κ2) is 11.8. The summed E-state index contributed by atoms with van der Waals surface area (Å²) in [5, 5.41) is 0.191. The second-order valence-corrected chi connectivity index (χ2v) is 10.3. The van der Waals surface area contributed by atoms with Gasteiger partial charge in [0.05, 0.1) is 18.0 Å². The van der Waals surface area contributed by atoms with Crippen LogP contribution in [0.25, 0.3) is 0 Å². The molecule has 0 saturated carbocycles. The molecule has 1 aliphatic rings. The van der Waals surface area contributed by atoms with Crippen molar-refractivity contribution in [3.63, 3.8) is 0 Å². The molecular formula is C28H33FN4O3S. The molecule has 2 heterocycles. The van der Waals surface area contributed by atoms with Crippen LogP contribution in [0.1, 0.15) is 30.2 Å². The number of benzene rings is 2. The molecule has 0 bridgehead atoms. The summed E-state index contributed by atoms with van der Waals surface area (Å²) in [6, 6.07) is 14.1. The molecule has 37 heavy (non-hydrogen) atoms. The fraction of sp³-hybridized carbons (Fsp3) is 0.393. The molecular weight excluding hydrogens is 491 g/mol. The van der Waals surface area contributed by atoms with Gasteiger partial charge in [0.2, 0.25) is 5.91 Å². The summed E-state index contributed by atoms with van der Waals surface area (Å²) in [4.78, 5) is 35.4. The van der Waals surface area contributed by atoms with E-state index < -0.39 is 0 Å². The second-order valence-electron chi connectivity index (χ2n) is 9.12. The number of thioether (sulfide) groups is 1. The molecule has 7 nitrogen and oxygen atoms in total. The number of rotatable bonds is 8. The standard InChI is InChI=1S/C28H33FN4O3S/c1-5-25(27(35)33-16-14-32(15-17-33)23-8-6-7-9-24(23)36-4)37-28-30-19(2)22(26(34)31(28)3)18-20-10-12-21(29)13-11-20/h6-13,25H,5,14-18H2,1-4H3. The number of amides is 1. The lowest BCUT2D eigenvalue weighted by molar-refractivity contribution is -0.130. The van der Waals surface area contributed by atoms with Crippen molar-refractivity contribution >= 4 is 23.4 Å². The number of para-hydroxylation sites is 2. The van der Waals surface area contributed by atoms with Gasteiger partial charge in [-0.25, -0.2) is 9.37 Å². The maximum absolute atomic E-state index is 13.4. The van der Waals surface area contributed by atoms with Gasteiger partial charge in [0.25, 0.3) is 5.56 Å². The zero-order valence-corrected chi connectivity index (χ0v) is 22.6. The Hall–Kier alpha value is -3.33. The predicted octanol–water partition coefficient (Wildman–Crippen LogP) is 4.05. The molecule has 1 aliphatic heterocycles. The summed E-state index contributed by atoms with van der Waals surface area (Å²) in [6.07, 6.45) is 1.01. The van der Waals surface area contributed by atoms with Crippen LogP contribution in [0.2, 0.25) is 0 Å². The van der Waals surface area contributed by atoms with E-state index in [0.717, 1.165) is 30.1 Å². The van der Waals surface area contributed by atoms with Crippen molar-refractivity contribution in [3.8, 4) is 5.75 Å². The van der Waals surface area contributed by atoms with Crippen LogP contribution in [0.4, 0.5) is 10.1 Å². The number of halogens is 1. The molecule has 9 heteroatoms. The molecule has 0 radical (unpaired) electrons. The number of carbonyl (C=O) groups is 1. The minimum absolute atomic E-state index is 0.0643. The first-order chi connectivity index (χ1) is 17.8. The van der Waals surface area contributed by atoms with Crippen molar-refractivity contribution in [2.45, 2.75) is 37.1 Å². The minimum atomic E-state index is -0.335. The number of hydrogen-bond acceptors (Lipinski definition) is 6. The Morgan fingerprint density at radius 3 is 2.43 bits per heavy atom. The average Bonchev–Trinajstić information content (AvgIpc) is 2.93. The third-order valence-corrected chi connectivity index (χ3v) is 8.15. The maximum atomic E-state index is 13.4. The normalized spacial score (nSPS) is 14.5. The van der Waals surface area contributed by atoms with Gasteiger partial charge in [0.15, 0.2) is 5.16 Å². The van der Waals surface area contributed by atoms with Crippen molar-refractivity contribution < 1.29 is 13.9 Å². The van der Waals surface area contributed by atoms with Gasteiger partial charge in [-0.1, -0.05) is 43.0 Å². The van der Waals surface area contributed by atoms with E-state index >= 15 is 0 Å². The summed E-state index contributed by atoms with van der Waals surface area (Å²) >= 11 is 1.34. The van der Waals surface area contributed by atoms with Crippen LogP contribution in [0, 0.1) is 12.7 Å². The van der Waals surface area contributed by atoms with E-state index in [0.29, 0.717) is 42.3 Å². The number of piperazine rings is 1. The maximum Gasteiger partial charge on any atom is 0.257 e. The molecule has 1 atom stereocenters. The molecule has 1 unspecified atom stereocenters. The third-order valence-electron chi connectivity index (χ3n) is 6.76. The number of aryl methyl sites for hydroxylation is 1. The Kier molecular flexibility index (Phi) is 8.53. The topological polar surface area (TPSA) is 67.7 Å². The highest BCUT2D eigenvalue weighted by molar-refractivity contribution is 8.00. The van der Waals surface area contributed by atoms with Crippen molar-refractivity contribution in [2.75, 3.05) is 38.2 Å². The van der Waals surface area contributed by atoms with Crippen molar-refractivity contribution in [2.24, 2.45) is 7.05 Å². The lowest BCUT2D eigenvalue weighted by atomic mass is 10.1. The Bertz CT molecular complexity index is 1300. The van der Waals surface area contributed by atoms with E-state index in [1.54, 1.807) is 26.3 Å². The molecule has 0 spiro atoms. The first kappa shape index (κ1) is 26.7. The number of carbonyl (C=O) groups excluding carboxylic acids is 1. The number of hydrogen-bond donors (Lipinski definition) is 0. The van der Waals surface area contributed by atoms with Gasteiger partial charge in [-0.05, 0) is 43.2 Å². The molecule has 4 rings (SSSR count). The van der Waals surface area contributed by atoms with E-state index in [2.05, 4.69) is 4.90 Å². The monoisotopic (exact) mass is 524 g/mol. The first-order valence-corrected chi connectivity index (χ1v) is 13.3. The van der Waals surface area contributed by atoms with E-state index in [-0.39, 0.29) is 22.5 Å². The Labute approximate surface area is 221 Å². The van der Waals surface area contributed by atoms with Gasteiger partial charge < -0.3 is 14.5 Å². The first-order valence-electron chi connectivity index (χ1n) is 12.5. The van der Waals surface area contributed by atoms with E-state index in [1.807, 2.05) is 43.0 Å². The van der Waals surface area contributed by atoms with Crippen LogP contribution in [-0.2, 0) is 18.3 Å². The smallest absolute Gasteiger partial charge is 0.257 e. The average molecular weight is 525 g/mol. The van der Waals surface area contributed by atoms with Crippen LogP contribution in [0.15, 0.2) is 58.5 Å². The molecule has 1 aromatic heterocycles. The molecule has 0 aliphatic carbocycles. The van der Waals surface area contributed by atoms with Gasteiger partial charge in [-0.2, -0.15) is 0 Å². The Morgan fingerprint density at radius 2 is 1.78 bits per heavy atom. The quantitative estimate of drug-likeness (QED) is 0.327. The molecule has 196 valence electrons. The van der Waals surface area contributed by atoms with Crippen molar-refractivity contribution in [3.05, 3.63) is 81.5 Å². The summed E-state index contributed by atoms with van der Waals surface area (Å²) in [5.41, 5.74) is 2.94. The SMILES string of the molecule is CCC(Sc1nc(C)c(Cc2ccc(F)cc2)c(=O)n1C)C(=O)N1CCN(c2ccccc2OC)CC1. The van der Waals surface area contributed by atoms with E-state index in [9.17, 15) is 14.0 Å². The number of aromatic nitrogens is 2. The minimum Gasteiger partial charge on any atom is -0.495 e. The fourth-order valence-corrected chi connectivity index (χ4v) is 5.65.